The van der Waals surface area contributed by atoms with Crippen LogP contribution in [0.3, 0.4) is 0 Å². The molecule has 1 aliphatic rings. The molecule has 42 heavy (non-hydrogen) atoms. The third-order valence-electron chi connectivity index (χ3n) is 7.45. The van der Waals surface area contributed by atoms with E-state index in [1.807, 2.05) is 30.3 Å². The molecule has 1 fully saturated rings. The van der Waals surface area contributed by atoms with E-state index in [0.29, 0.717) is 24.7 Å². The van der Waals surface area contributed by atoms with Crippen molar-refractivity contribution in [3.05, 3.63) is 145 Å². The highest BCUT2D eigenvalue weighted by Crippen LogP contribution is 2.58. The van der Waals surface area contributed by atoms with E-state index in [-0.39, 0.29) is 23.3 Å². The third kappa shape index (κ3) is 6.45. The first-order chi connectivity index (χ1) is 20.3. The predicted octanol–water partition coefficient (Wildman–Crippen LogP) is 4.42. The molecule has 0 amide bonds. The SMILES string of the molecule is COc1ccc(C2OCCCO2)cc1Oc1ccc(C[P+](c2ccccc2)(c2ccccc2)c2ccccc2)cc1.[Br-]. The van der Waals surface area contributed by atoms with Crippen molar-refractivity contribution in [1.82, 2.24) is 0 Å². The van der Waals surface area contributed by atoms with E-state index in [1.165, 1.54) is 21.5 Å². The Morgan fingerprint density at radius 2 is 1.17 bits per heavy atom. The lowest BCUT2D eigenvalue weighted by Crippen LogP contribution is -3.00. The molecule has 0 spiro atoms. The fourth-order valence-corrected chi connectivity index (χ4v) is 9.68. The zero-order valence-electron chi connectivity index (χ0n) is 23.6. The minimum absolute atomic E-state index is 0. The molecule has 5 aromatic rings. The van der Waals surface area contributed by atoms with E-state index in [4.69, 9.17) is 18.9 Å². The fourth-order valence-electron chi connectivity index (χ4n) is 5.43. The number of ether oxygens (including phenoxy) is 4. The molecule has 6 heteroatoms. The lowest BCUT2D eigenvalue weighted by atomic mass is 10.2. The van der Waals surface area contributed by atoms with Crippen molar-refractivity contribution in [2.45, 2.75) is 18.9 Å². The van der Waals surface area contributed by atoms with Crippen molar-refractivity contribution >= 4 is 23.2 Å². The molecule has 6 rings (SSSR count). The normalized spacial score (nSPS) is 13.6. The average molecular weight is 642 g/mol. The largest absolute Gasteiger partial charge is 1.00 e. The molecule has 0 radical (unpaired) electrons. The summed E-state index contributed by atoms with van der Waals surface area (Å²) in [6, 6.07) is 47.1. The minimum atomic E-state index is -1.98. The summed E-state index contributed by atoms with van der Waals surface area (Å²) in [6.45, 7) is 1.38. The summed E-state index contributed by atoms with van der Waals surface area (Å²) in [7, 11) is -0.329. The van der Waals surface area contributed by atoms with E-state index in [2.05, 4.69) is 103 Å². The van der Waals surface area contributed by atoms with Crippen LogP contribution in [0.2, 0.25) is 0 Å². The van der Waals surface area contributed by atoms with Crippen molar-refractivity contribution in [2.24, 2.45) is 0 Å². The lowest BCUT2D eigenvalue weighted by molar-refractivity contribution is -0.183. The second-order valence-corrected chi connectivity index (χ2v) is 13.5. The molecule has 0 aliphatic carbocycles. The summed E-state index contributed by atoms with van der Waals surface area (Å²) in [5.74, 6) is 2.05. The number of hydrogen-bond acceptors (Lipinski definition) is 4. The maximum absolute atomic E-state index is 6.34. The topological polar surface area (TPSA) is 36.9 Å². The number of hydrogen-bond donors (Lipinski definition) is 0. The molecular weight excluding hydrogens is 607 g/mol. The van der Waals surface area contributed by atoms with Gasteiger partial charge in [0.1, 0.15) is 28.9 Å². The maximum Gasteiger partial charge on any atom is 0.183 e. The van der Waals surface area contributed by atoms with E-state index in [1.54, 1.807) is 7.11 Å². The number of benzene rings is 5. The highest BCUT2D eigenvalue weighted by molar-refractivity contribution is 7.95. The van der Waals surface area contributed by atoms with Gasteiger partial charge in [-0.2, -0.15) is 0 Å². The van der Waals surface area contributed by atoms with E-state index >= 15 is 0 Å². The van der Waals surface area contributed by atoms with Gasteiger partial charge in [-0.1, -0.05) is 72.8 Å². The van der Waals surface area contributed by atoms with Gasteiger partial charge in [-0.05, 0) is 72.6 Å². The minimum Gasteiger partial charge on any atom is -1.00 e. The molecule has 4 nitrogen and oxygen atoms in total. The molecule has 0 bridgehead atoms. The predicted molar refractivity (Wildman–Crippen MR) is 168 cm³/mol. The monoisotopic (exact) mass is 640 g/mol. The highest BCUT2D eigenvalue weighted by atomic mass is 79.9. The third-order valence-corrected chi connectivity index (χ3v) is 11.8. The van der Waals surface area contributed by atoms with Crippen LogP contribution < -0.4 is 42.4 Å². The number of halogens is 1. The first-order valence-electron chi connectivity index (χ1n) is 14.0. The molecule has 0 saturated carbocycles. The van der Waals surface area contributed by atoms with Gasteiger partial charge >= 0.3 is 0 Å². The van der Waals surface area contributed by atoms with Crippen LogP contribution >= 0.6 is 7.26 Å². The van der Waals surface area contributed by atoms with E-state index in [0.717, 1.165) is 23.9 Å². The van der Waals surface area contributed by atoms with Crippen molar-refractivity contribution in [2.75, 3.05) is 20.3 Å². The lowest BCUT2D eigenvalue weighted by Gasteiger charge is -2.28. The molecule has 0 atom stereocenters. The van der Waals surface area contributed by atoms with Gasteiger partial charge in [-0.3, -0.25) is 0 Å². The van der Waals surface area contributed by atoms with Gasteiger partial charge in [-0.15, -0.1) is 0 Å². The van der Waals surface area contributed by atoms with Crippen molar-refractivity contribution in [3.63, 3.8) is 0 Å². The van der Waals surface area contributed by atoms with Crippen LogP contribution in [-0.2, 0) is 15.6 Å². The second kappa shape index (κ2) is 14.1. The molecule has 0 N–H and O–H groups in total. The maximum atomic E-state index is 6.34. The zero-order valence-corrected chi connectivity index (χ0v) is 26.0. The summed E-state index contributed by atoms with van der Waals surface area (Å²) >= 11 is 0. The summed E-state index contributed by atoms with van der Waals surface area (Å²) in [5.41, 5.74) is 2.17. The van der Waals surface area contributed by atoms with Crippen molar-refractivity contribution in [3.8, 4) is 17.2 Å². The molecular formula is C36H34BrO4P. The number of methoxy groups -OCH3 is 1. The summed E-state index contributed by atoms with van der Waals surface area (Å²) in [4.78, 5) is 0. The Balaban J connectivity index is 0.00000353. The van der Waals surface area contributed by atoms with Gasteiger partial charge in [0.05, 0.1) is 26.5 Å². The molecule has 1 saturated heterocycles. The first-order valence-corrected chi connectivity index (χ1v) is 16.0. The Kier molecular flexibility index (Phi) is 10.1. The molecule has 1 aliphatic heterocycles. The van der Waals surface area contributed by atoms with Crippen molar-refractivity contribution < 1.29 is 35.9 Å². The average Bonchev–Trinajstić information content (AvgIpc) is 3.06. The molecule has 214 valence electrons. The van der Waals surface area contributed by atoms with Gasteiger partial charge in [-0.25, -0.2) is 0 Å². The molecule has 1 heterocycles. The van der Waals surface area contributed by atoms with Gasteiger partial charge in [0.2, 0.25) is 0 Å². The van der Waals surface area contributed by atoms with E-state index < -0.39 is 7.26 Å². The first kappa shape index (κ1) is 30.0. The van der Waals surface area contributed by atoms with Gasteiger partial charge in [0.15, 0.2) is 17.8 Å². The quantitative estimate of drug-likeness (QED) is 0.224. The highest BCUT2D eigenvalue weighted by Gasteiger charge is 2.45. The Labute approximate surface area is 259 Å². The smallest absolute Gasteiger partial charge is 0.183 e. The van der Waals surface area contributed by atoms with Crippen molar-refractivity contribution in [1.29, 1.82) is 0 Å². The summed E-state index contributed by atoms with van der Waals surface area (Å²) in [5, 5.41) is 4.10. The van der Waals surface area contributed by atoms with Crippen LogP contribution in [0.25, 0.3) is 0 Å². The van der Waals surface area contributed by atoms with Crippen LogP contribution in [-0.4, -0.2) is 20.3 Å². The molecule has 5 aromatic carbocycles. The van der Waals surface area contributed by atoms with Gasteiger partial charge in [0, 0.05) is 5.56 Å². The summed E-state index contributed by atoms with van der Waals surface area (Å²) < 4.78 is 23.5. The van der Waals surface area contributed by atoms with Crippen LogP contribution in [0.4, 0.5) is 0 Å². The number of rotatable bonds is 9. The molecule has 0 aromatic heterocycles. The van der Waals surface area contributed by atoms with Crippen LogP contribution in [0.5, 0.6) is 17.2 Å². The Morgan fingerprint density at radius 3 is 1.67 bits per heavy atom. The Morgan fingerprint density at radius 1 is 0.643 bits per heavy atom. The van der Waals surface area contributed by atoms with Gasteiger partial charge < -0.3 is 35.9 Å². The van der Waals surface area contributed by atoms with Crippen LogP contribution in [0.15, 0.2) is 133 Å². The standard InChI is InChI=1S/C36H34O4P.BrH/c1-37-34-23-20-29(36-38-24-11-25-39-36)26-35(34)40-30-21-18-28(19-22-30)27-41(31-12-5-2-6-13-31,32-14-7-3-8-15-32)33-16-9-4-10-17-33;/h2-10,12-23,26,36H,11,24-25,27H2,1H3;1H/q+1;/p-1. The Bertz CT molecular complexity index is 1440. The summed E-state index contributed by atoms with van der Waals surface area (Å²) in [6.07, 6.45) is 1.43. The fraction of sp³-hybridized carbons (Fsp3) is 0.167. The van der Waals surface area contributed by atoms with Crippen LogP contribution in [0.1, 0.15) is 23.8 Å². The van der Waals surface area contributed by atoms with Crippen LogP contribution in [0, 0.1) is 0 Å². The molecule has 0 unspecified atom stereocenters. The van der Waals surface area contributed by atoms with E-state index in [9.17, 15) is 0 Å². The Hall–Kier alpha value is -3.47. The zero-order chi connectivity index (χ0) is 27.9. The second-order valence-electron chi connectivity index (χ2n) is 10.1. The van der Waals surface area contributed by atoms with Gasteiger partial charge in [0.25, 0.3) is 0 Å².